The SMILES string of the molecule is Cc1nc(O[C@H]2CC[C@H](NC(=O)c3cnn4cc(N5CC(CO)(CCl)C5)ccc34)CC2)c(C(N)=O)s1. The number of hydrogen-bond donors (Lipinski definition) is 3. The summed E-state index contributed by atoms with van der Waals surface area (Å²) in [5.41, 5.74) is 7.41. The fourth-order valence-electron chi connectivity index (χ4n) is 4.90. The van der Waals surface area contributed by atoms with Gasteiger partial charge in [-0.25, -0.2) is 9.50 Å². The highest BCUT2D eigenvalue weighted by atomic mass is 35.5. The van der Waals surface area contributed by atoms with Gasteiger partial charge in [-0.05, 0) is 44.7 Å². The van der Waals surface area contributed by atoms with Crippen molar-refractivity contribution in [2.24, 2.45) is 11.1 Å². The number of pyridine rings is 1. The van der Waals surface area contributed by atoms with Gasteiger partial charge in [0.2, 0.25) is 5.88 Å². The molecular formula is C24H29ClN6O4S. The maximum Gasteiger partial charge on any atom is 0.264 e. The Bertz CT molecular complexity index is 1270. The Morgan fingerprint density at radius 1 is 1.31 bits per heavy atom. The Morgan fingerprint density at radius 3 is 2.72 bits per heavy atom. The van der Waals surface area contributed by atoms with Gasteiger partial charge in [0.25, 0.3) is 11.8 Å². The maximum atomic E-state index is 13.0. The maximum absolute atomic E-state index is 13.0. The highest BCUT2D eigenvalue weighted by Crippen LogP contribution is 2.35. The van der Waals surface area contributed by atoms with E-state index in [0.29, 0.717) is 35.3 Å². The number of nitrogens with one attached hydrogen (secondary N) is 1. The summed E-state index contributed by atoms with van der Waals surface area (Å²) < 4.78 is 7.68. The van der Waals surface area contributed by atoms with Crippen molar-refractivity contribution in [3.05, 3.63) is 40.0 Å². The largest absolute Gasteiger partial charge is 0.473 e. The molecule has 2 fully saturated rings. The Kier molecular flexibility index (Phi) is 6.80. The highest BCUT2D eigenvalue weighted by molar-refractivity contribution is 7.13. The molecule has 1 aliphatic heterocycles. The normalized spacial score (nSPS) is 21.2. The average molecular weight is 533 g/mol. The lowest BCUT2D eigenvalue weighted by atomic mass is 9.82. The van der Waals surface area contributed by atoms with Gasteiger partial charge in [-0.1, -0.05) is 0 Å². The standard InChI is InChI=1S/C24H29ClN6O4S/c1-14-28-23(20(36-14)21(26)33)35-17-5-2-15(3-6-17)29-22(34)18-8-27-31-9-16(4-7-19(18)31)30-11-24(10-25,12-30)13-32/h4,7-9,15,17,32H,2-3,5-6,10-13H2,1H3,(H2,26,33)(H,29,34)/t15-,17-. The number of carbonyl (C=O) groups is 2. The number of amides is 2. The monoisotopic (exact) mass is 532 g/mol. The number of carbonyl (C=O) groups excluding carboxylic acids is 2. The van der Waals surface area contributed by atoms with E-state index in [0.717, 1.165) is 41.9 Å². The third-order valence-corrected chi connectivity index (χ3v) is 8.53. The lowest BCUT2D eigenvalue weighted by Crippen LogP contribution is -2.59. The second-order valence-corrected chi connectivity index (χ2v) is 11.2. The van der Waals surface area contributed by atoms with Crippen LogP contribution in [-0.4, -0.2) is 69.2 Å². The summed E-state index contributed by atoms with van der Waals surface area (Å²) in [6, 6.07) is 3.89. The zero-order valence-electron chi connectivity index (χ0n) is 19.9. The summed E-state index contributed by atoms with van der Waals surface area (Å²) in [5, 5.41) is 17.8. The molecular weight excluding hydrogens is 504 g/mol. The number of fused-ring (bicyclic) bond motifs is 1. The average Bonchev–Trinajstić information content (AvgIpc) is 3.43. The minimum Gasteiger partial charge on any atom is -0.473 e. The lowest BCUT2D eigenvalue weighted by Gasteiger charge is -2.49. The van der Waals surface area contributed by atoms with E-state index < -0.39 is 5.91 Å². The van der Waals surface area contributed by atoms with E-state index in [2.05, 4.69) is 20.3 Å². The van der Waals surface area contributed by atoms with Gasteiger partial charge in [0.1, 0.15) is 6.10 Å². The first-order valence-corrected chi connectivity index (χ1v) is 13.3. The van der Waals surface area contributed by atoms with E-state index in [4.69, 9.17) is 22.1 Å². The van der Waals surface area contributed by atoms with E-state index >= 15 is 0 Å². The van der Waals surface area contributed by atoms with Crippen LogP contribution in [0.1, 0.15) is 50.7 Å². The van der Waals surface area contributed by atoms with Crippen molar-refractivity contribution >= 4 is 46.0 Å². The number of aryl methyl sites for hydroxylation is 1. The Morgan fingerprint density at radius 2 is 2.06 bits per heavy atom. The molecule has 1 aliphatic carbocycles. The molecule has 3 aromatic heterocycles. The number of thiazole rings is 1. The van der Waals surface area contributed by atoms with Gasteiger partial charge < -0.3 is 25.8 Å². The molecule has 4 N–H and O–H groups in total. The Balaban J connectivity index is 1.17. The van der Waals surface area contributed by atoms with E-state index in [1.165, 1.54) is 11.3 Å². The fraction of sp³-hybridized carbons (Fsp3) is 0.500. The number of anilines is 1. The summed E-state index contributed by atoms with van der Waals surface area (Å²) in [5.74, 6) is 0.0432. The van der Waals surface area contributed by atoms with E-state index in [1.54, 1.807) is 10.7 Å². The second kappa shape index (κ2) is 9.87. The quantitative estimate of drug-likeness (QED) is 0.379. The number of nitrogens with zero attached hydrogens (tertiary/aromatic N) is 4. The van der Waals surface area contributed by atoms with Crippen LogP contribution < -0.4 is 20.7 Å². The first kappa shape index (κ1) is 24.8. The molecule has 2 amide bonds. The molecule has 0 spiro atoms. The zero-order valence-corrected chi connectivity index (χ0v) is 21.5. The molecule has 0 unspecified atom stereocenters. The molecule has 4 heterocycles. The van der Waals surface area contributed by atoms with E-state index in [9.17, 15) is 14.7 Å². The predicted molar refractivity (Wildman–Crippen MR) is 137 cm³/mol. The Labute approximate surface area is 217 Å². The van der Waals surface area contributed by atoms with Crippen molar-refractivity contribution < 1.29 is 19.4 Å². The smallest absolute Gasteiger partial charge is 0.264 e. The molecule has 0 atom stereocenters. The number of primary amides is 1. The van der Waals surface area contributed by atoms with Crippen molar-refractivity contribution in [3.8, 4) is 5.88 Å². The molecule has 36 heavy (non-hydrogen) atoms. The van der Waals surface area contributed by atoms with Crippen molar-refractivity contribution in [1.82, 2.24) is 19.9 Å². The van der Waals surface area contributed by atoms with Crippen LogP contribution in [0.2, 0.25) is 0 Å². The summed E-state index contributed by atoms with van der Waals surface area (Å²) in [4.78, 5) is 31.4. The number of aliphatic hydroxyl groups excluding tert-OH is 1. The van der Waals surface area contributed by atoms with E-state index in [1.807, 2.05) is 25.3 Å². The van der Waals surface area contributed by atoms with Crippen molar-refractivity contribution in [1.29, 1.82) is 0 Å². The minimum atomic E-state index is -0.532. The van der Waals surface area contributed by atoms with Crippen LogP contribution in [0.4, 0.5) is 5.69 Å². The number of rotatable bonds is 8. The molecule has 1 saturated heterocycles. The van der Waals surface area contributed by atoms with Crippen molar-refractivity contribution in [2.75, 3.05) is 30.5 Å². The summed E-state index contributed by atoms with van der Waals surface area (Å²) in [6.07, 6.45) is 6.42. The second-order valence-electron chi connectivity index (χ2n) is 9.72. The third-order valence-electron chi connectivity index (χ3n) is 7.00. The van der Waals surface area contributed by atoms with Crippen LogP contribution in [0.15, 0.2) is 24.5 Å². The summed E-state index contributed by atoms with van der Waals surface area (Å²) in [6.45, 7) is 3.25. The van der Waals surface area contributed by atoms with Gasteiger partial charge >= 0.3 is 0 Å². The van der Waals surface area contributed by atoms with Crippen LogP contribution in [-0.2, 0) is 0 Å². The topological polar surface area (TPSA) is 135 Å². The molecule has 0 radical (unpaired) electrons. The van der Waals surface area contributed by atoms with Crippen molar-refractivity contribution in [3.63, 3.8) is 0 Å². The van der Waals surface area contributed by atoms with Gasteiger partial charge in [0.15, 0.2) is 4.88 Å². The molecule has 192 valence electrons. The molecule has 2 aliphatic rings. The number of nitrogens with two attached hydrogens (primary N) is 1. The van der Waals surface area contributed by atoms with Gasteiger partial charge in [-0.2, -0.15) is 5.10 Å². The first-order chi connectivity index (χ1) is 17.3. The summed E-state index contributed by atoms with van der Waals surface area (Å²) in [7, 11) is 0. The number of aromatic nitrogens is 3. The van der Waals surface area contributed by atoms with Crippen LogP contribution in [0.25, 0.3) is 5.52 Å². The van der Waals surface area contributed by atoms with Crippen molar-refractivity contribution in [2.45, 2.75) is 44.8 Å². The number of aliphatic hydroxyl groups is 1. The fourth-order valence-corrected chi connectivity index (χ4v) is 5.86. The molecule has 5 rings (SSSR count). The molecule has 3 aromatic rings. The number of alkyl halides is 1. The first-order valence-electron chi connectivity index (χ1n) is 11.9. The Hall–Kier alpha value is -2.89. The van der Waals surface area contributed by atoms with Crippen LogP contribution in [0.5, 0.6) is 5.88 Å². The van der Waals surface area contributed by atoms with Crippen LogP contribution in [0, 0.1) is 12.3 Å². The van der Waals surface area contributed by atoms with Crippen LogP contribution >= 0.6 is 22.9 Å². The van der Waals surface area contributed by atoms with Gasteiger partial charge in [-0.15, -0.1) is 22.9 Å². The third kappa shape index (κ3) is 4.74. The molecule has 12 heteroatoms. The van der Waals surface area contributed by atoms with E-state index in [-0.39, 0.29) is 30.1 Å². The molecule has 1 saturated carbocycles. The molecule has 10 nitrogen and oxygen atoms in total. The predicted octanol–water partition coefficient (Wildman–Crippen LogP) is 2.36. The van der Waals surface area contributed by atoms with Gasteiger partial charge in [-0.3, -0.25) is 9.59 Å². The number of ether oxygens (including phenoxy) is 1. The summed E-state index contributed by atoms with van der Waals surface area (Å²) >= 11 is 7.25. The highest BCUT2D eigenvalue weighted by Gasteiger charge is 2.42. The lowest BCUT2D eigenvalue weighted by molar-refractivity contribution is 0.0884. The van der Waals surface area contributed by atoms with Gasteiger partial charge in [0.05, 0.1) is 40.8 Å². The minimum absolute atomic E-state index is 0.0302. The molecule has 0 aromatic carbocycles. The van der Waals surface area contributed by atoms with Gasteiger partial charge in [0, 0.05) is 30.4 Å². The molecule has 0 bridgehead atoms. The number of halogens is 1. The van der Waals surface area contributed by atoms with Crippen LogP contribution in [0.3, 0.4) is 0 Å². The zero-order chi connectivity index (χ0) is 25.4. The number of hydrogen-bond acceptors (Lipinski definition) is 8.